The highest BCUT2D eigenvalue weighted by Crippen LogP contribution is 2.44. The molecular weight excluding hydrogens is 231 g/mol. The van der Waals surface area contributed by atoms with Crippen molar-refractivity contribution in [3.63, 3.8) is 0 Å². The molecule has 1 fully saturated rings. The SMILES string of the molecule is CC1(C)CC(C(N)CCC(F)(F)F)C(C)(C)O1. The molecule has 5 heteroatoms. The van der Waals surface area contributed by atoms with Gasteiger partial charge in [-0.2, -0.15) is 13.2 Å². The van der Waals surface area contributed by atoms with E-state index in [9.17, 15) is 13.2 Å². The zero-order valence-corrected chi connectivity index (χ0v) is 10.9. The molecule has 1 saturated heterocycles. The van der Waals surface area contributed by atoms with E-state index >= 15 is 0 Å². The highest BCUT2D eigenvalue weighted by Gasteiger charge is 2.48. The average molecular weight is 253 g/mol. The van der Waals surface area contributed by atoms with E-state index in [4.69, 9.17) is 10.5 Å². The van der Waals surface area contributed by atoms with Crippen LogP contribution in [-0.2, 0) is 4.74 Å². The number of ether oxygens (including phenoxy) is 1. The smallest absolute Gasteiger partial charge is 0.369 e. The van der Waals surface area contributed by atoms with E-state index in [-0.39, 0.29) is 17.9 Å². The van der Waals surface area contributed by atoms with Crippen molar-refractivity contribution >= 4 is 0 Å². The Morgan fingerprint density at radius 1 is 1.29 bits per heavy atom. The van der Waals surface area contributed by atoms with Crippen molar-refractivity contribution in [1.82, 2.24) is 0 Å². The molecule has 2 nitrogen and oxygen atoms in total. The Hall–Kier alpha value is -0.290. The molecule has 1 aliphatic heterocycles. The molecule has 0 spiro atoms. The van der Waals surface area contributed by atoms with Crippen LogP contribution in [0.3, 0.4) is 0 Å². The maximum atomic E-state index is 12.2. The molecule has 0 aromatic carbocycles. The minimum absolute atomic E-state index is 0.0279. The lowest BCUT2D eigenvalue weighted by atomic mass is 9.80. The fourth-order valence-electron chi connectivity index (χ4n) is 2.80. The summed E-state index contributed by atoms with van der Waals surface area (Å²) in [6.07, 6.45) is -4.27. The molecule has 2 unspecified atom stereocenters. The highest BCUT2D eigenvalue weighted by atomic mass is 19.4. The average Bonchev–Trinajstić information content (AvgIpc) is 2.29. The van der Waals surface area contributed by atoms with Gasteiger partial charge in [0.05, 0.1) is 11.2 Å². The standard InChI is InChI=1S/C12H22F3NO/c1-10(2)7-8(11(3,4)17-10)9(16)5-6-12(13,14)15/h8-9H,5-7,16H2,1-4H3. The molecule has 1 aliphatic rings. The lowest BCUT2D eigenvalue weighted by Crippen LogP contribution is -2.41. The Morgan fingerprint density at radius 2 is 1.82 bits per heavy atom. The first-order chi connectivity index (χ1) is 7.43. The summed E-state index contributed by atoms with van der Waals surface area (Å²) in [6.45, 7) is 7.70. The highest BCUT2D eigenvalue weighted by molar-refractivity contribution is 4.98. The zero-order chi connectivity index (χ0) is 13.5. The molecule has 102 valence electrons. The predicted molar refractivity (Wildman–Crippen MR) is 60.6 cm³/mol. The third kappa shape index (κ3) is 4.14. The van der Waals surface area contributed by atoms with Crippen LogP contribution >= 0.6 is 0 Å². The van der Waals surface area contributed by atoms with Crippen LogP contribution in [0.15, 0.2) is 0 Å². The molecule has 2 N–H and O–H groups in total. The van der Waals surface area contributed by atoms with E-state index in [1.807, 2.05) is 27.7 Å². The summed E-state index contributed by atoms with van der Waals surface area (Å²) in [5.41, 5.74) is 5.15. The largest absolute Gasteiger partial charge is 0.389 e. The minimum Gasteiger partial charge on any atom is -0.369 e. The van der Waals surface area contributed by atoms with Gasteiger partial charge < -0.3 is 10.5 Å². The molecule has 1 heterocycles. The predicted octanol–water partition coefficient (Wildman–Crippen LogP) is 3.25. The maximum Gasteiger partial charge on any atom is 0.389 e. The first-order valence-electron chi connectivity index (χ1n) is 5.95. The van der Waals surface area contributed by atoms with Crippen molar-refractivity contribution in [2.24, 2.45) is 11.7 Å². The third-order valence-electron chi connectivity index (χ3n) is 3.42. The van der Waals surface area contributed by atoms with Gasteiger partial charge in [-0.1, -0.05) is 0 Å². The van der Waals surface area contributed by atoms with Crippen LogP contribution in [0.25, 0.3) is 0 Å². The molecule has 1 rings (SSSR count). The number of hydrogen-bond acceptors (Lipinski definition) is 2. The number of hydrogen-bond donors (Lipinski definition) is 1. The molecule has 2 atom stereocenters. The molecule has 0 radical (unpaired) electrons. The normalized spacial score (nSPS) is 29.3. The van der Waals surface area contributed by atoms with Crippen LogP contribution in [-0.4, -0.2) is 23.4 Å². The van der Waals surface area contributed by atoms with E-state index in [1.54, 1.807) is 0 Å². The van der Waals surface area contributed by atoms with Gasteiger partial charge in [-0.3, -0.25) is 0 Å². The molecule has 17 heavy (non-hydrogen) atoms. The topological polar surface area (TPSA) is 35.2 Å². The van der Waals surface area contributed by atoms with Gasteiger partial charge in [-0.25, -0.2) is 0 Å². The van der Waals surface area contributed by atoms with Crippen molar-refractivity contribution in [3.8, 4) is 0 Å². The molecular formula is C12H22F3NO. The van der Waals surface area contributed by atoms with Gasteiger partial charge in [-0.15, -0.1) is 0 Å². The van der Waals surface area contributed by atoms with Gasteiger partial charge in [0.2, 0.25) is 0 Å². The van der Waals surface area contributed by atoms with E-state index in [0.29, 0.717) is 6.42 Å². The van der Waals surface area contributed by atoms with Gasteiger partial charge in [0.25, 0.3) is 0 Å². The maximum absolute atomic E-state index is 12.2. The van der Waals surface area contributed by atoms with Gasteiger partial charge in [0, 0.05) is 18.4 Å². The van der Waals surface area contributed by atoms with Crippen molar-refractivity contribution in [1.29, 1.82) is 0 Å². The molecule has 0 saturated carbocycles. The minimum atomic E-state index is -4.13. The lowest BCUT2D eigenvalue weighted by Gasteiger charge is -2.31. The van der Waals surface area contributed by atoms with Crippen LogP contribution in [0, 0.1) is 5.92 Å². The van der Waals surface area contributed by atoms with Gasteiger partial charge in [0.1, 0.15) is 0 Å². The van der Waals surface area contributed by atoms with E-state index in [1.165, 1.54) is 0 Å². The fraction of sp³-hybridized carbons (Fsp3) is 1.00. The Bertz CT molecular complexity index is 273. The second kappa shape index (κ2) is 4.43. The Labute approximate surface area is 101 Å². The molecule has 0 aliphatic carbocycles. The number of rotatable bonds is 3. The summed E-state index contributed by atoms with van der Waals surface area (Å²) in [6, 6.07) is -0.464. The summed E-state index contributed by atoms with van der Waals surface area (Å²) in [7, 11) is 0. The quantitative estimate of drug-likeness (QED) is 0.838. The molecule has 0 aromatic rings. The summed E-state index contributed by atoms with van der Waals surface area (Å²) in [5.74, 6) is -0.0279. The summed E-state index contributed by atoms with van der Waals surface area (Å²) in [4.78, 5) is 0. The third-order valence-corrected chi connectivity index (χ3v) is 3.42. The molecule has 0 bridgehead atoms. The van der Waals surface area contributed by atoms with Crippen molar-refractivity contribution in [2.45, 2.75) is 70.4 Å². The Kier molecular flexibility index (Phi) is 3.85. The van der Waals surface area contributed by atoms with Gasteiger partial charge in [0.15, 0.2) is 0 Å². The van der Waals surface area contributed by atoms with Crippen molar-refractivity contribution in [2.75, 3.05) is 0 Å². The zero-order valence-electron chi connectivity index (χ0n) is 10.9. The van der Waals surface area contributed by atoms with E-state index in [2.05, 4.69) is 0 Å². The first-order valence-corrected chi connectivity index (χ1v) is 5.95. The van der Waals surface area contributed by atoms with E-state index in [0.717, 1.165) is 0 Å². The van der Waals surface area contributed by atoms with Crippen LogP contribution in [0.1, 0.15) is 47.0 Å². The summed E-state index contributed by atoms with van der Waals surface area (Å²) in [5, 5.41) is 0. The second-order valence-corrected chi connectivity index (χ2v) is 6.09. The lowest BCUT2D eigenvalue weighted by molar-refractivity contribution is -0.138. The van der Waals surface area contributed by atoms with Gasteiger partial charge in [-0.05, 0) is 40.5 Å². The van der Waals surface area contributed by atoms with Crippen LogP contribution in [0.2, 0.25) is 0 Å². The Morgan fingerprint density at radius 3 is 2.18 bits per heavy atom. The monoisotopic (exact) mass is 253 g/mol. The van der Waals surface area contributed by atoms with E-state index < -0.39 is 24.2 Å². The number of halogens is 3. The van der Waals surface area contributed by atoms with Crippen LogP contribution in [0.4, 0.5) is 13.2 Å². The summed E-state index contributed by atoms with van der Waals surface area (Å²) < 4.78 is 42.3. The molecule has 0 amide bonds. The van der Waals surface area contributed by atoms with Crippen LogP contribution < -0.4 is 5.73 Å². The molecule has 0 aromatic heterocycles. The van der Waals surface area contributed by atoms with Crippen molar-refractivity contribution < 1.29 is 17.9 Å². The number of alkyl halides is 3. The Balaban J connectivity index is 2.61. The van der Waals surface area contributed by atoms with Gasteiger partial charge >= 0.3 is 6.18 Å². The number of nitrogens with two attached hydrogens (primary N) is 1. The van der Waals surface area contributed by atoms with Crippen molar-refractivity contribution in [3.05, 3.63) is 0 Å². The van der Waals surface area contributed by atoms with Crippen LogP contribution in [0.5, 0.6) is 0 Å². The first kappa shape index (κ1) is 14.8. The summed E-state index contributed by atoms with van der Waals surface area (Å²) >= 11 is 0. The fourth-order valence-corrected chi connectivity index (χ4v) is 2.80. The second-order valence-electron chi connectivity index (χ2n) is 6.09.